The van der Waals surface area contributed by atoms with Gasteiger partial charge in [-0.2, -0.15) is 0 Å². The first-order valence-electron chi connectivity index (χ1n) is 5.93. The van der Waals surface area contributed by atoms with E-state index in [2.05, 4.69) is 5.32 Å². The van der Waals surface area contributed by atoms with Crippen molar-refractivity contribution in [3.8, 4) is 0 Å². The number of rotatable bonds is 5. The summed E-state index contributed by atoms with van der Waals surface area (Å²) in [5.41, 5.74) is -0.127. The van der Waals surface area contributed by atoms with Crippen LogP contribution in [0.3, 0.4) is 0 Å². The molecule has 0 unspecified atom stereocenters. The van der Waals surface area contributed by atoms with Gasteiger partial charge in [-0.05, 0) is 25.8 Å². The fourth-order valence-corrected chi connectivity index (χ4v) is 2.00. The molecule has 0 aromatic heterocycles. The van der Waals surface area contributed by atoms with Crippen LogP contribution in [0.1, 0.15) is 25.3 Å². The van der Waals surface area contributed by atoms with Gasteiger partial charge >= 0.3 is 5.97 Å². The Labute approximate surface area is 104 Å². The van der Waals surface area contributed by atoms with E-state index in [-0.39, 0.29) is 12.5 Å². The van der Waals surface area contributed by atoms with Gasteiger partial charge in [-0.15, -0.1) is 0 Å². The van der Waals surface area contributed by atoms with E-state index < -0.39 is 17.2 Å². The third-order valence-electron chi connectivity index (χ3n) is 3.07. The lowest BCUT2D eigenvalue weighted by atomic mass is 10.0. The molecule has 1 aliphatic rings. The summed E-state index contributed by atoms with van der Waals surface area (Å²) in [4.78, 5) is 11.2. The number of hydrogen-bond donors (Lipinski definition) is 1. The van der Waals surface area contributed by atoms with Gasteiger partial charge < -0.3 is 4.74 Å². The van der Waals surface area contributed by atoms with E-state index in [4.69, 9.17) is 4.74 Å². The Bertz CT molecular complexity index is 458. The van der Waals surface area contributed by atoms with Crippen molar-refractivity contribution in [2.75, 3.05) is 13.2 Å². The van der Waals surface area contributed by atoms with Crippen LogP contribution in [0.15, 0.2) is 18.2 Å². The molecule has 1 saturated carbocycles. The number of nitrogens with one attached hydrogen (secondary N) is 1. The van der Waals surface area contributed by atoms with Gasteiger partial charge in [-0.1, -0.05) is 6.07 Å². The van der Waals surface area contributed by atoms with Crippen molar-refractivity contribution in [2.24, 2.45) is 0 Å². The SMILES string of the molecule is CCOC(=O)CNC1(c2ccc(F)cc2F)CC1. The summed E-state index contributed by atoms with van der Waals surface area (Å²) in [6.07, 6.45) is 1.46. The van der Waals surface area contributed by atoms with E-state index >= 15 is 0 Å². The minimum absolute atomic E-state index is 0.0324. The summed E-state index contributed by atoms with van der Waals surface area (Å²) in [6.45, 7) is 2.08. The van der Waals surface area contributed by atoms with E-state index in [1.165, 1.54) is 12.1 Å². The van der Waals surface area contributed by atoms with Gasteiger partial charge in [0.05, 0.1) is 13.2 Å². The lowest BCUT2D eigenvalue weighted by Crippen LogP contribution is -2.35. The zero-order chi connectivity index (χ0) is 13.2. The van der Waals surface area contributed by atoms with Crippen LogP contribution in [-0.4, -0.2) is 19.1 Å². The first-order valence-corrected chi connectivity index (χ1v) is 5.93. The van der Waals surface area contributed by atoms with Gasteiger partial charge in [-0.25, -0.2) is 8.78 Å². The molecule has 0 heterocycles. The van der Waals surface area contributed by atoms with Crippen LogP contribution >= 0.6 is 0 Å². The topological polar surface area (TPSA) is 38.3 Å². The van der Waals surface area contributed by atoms with E-state index in [0.717, 1.165) is 18.9 Å². The number of benzene rings is 1. The highest BCUT2D eigenvalue weighted by Gasteiger charge is 2.46. The zero-order valence-corrected chi connectivity index (χ0v) is 10.1. The van der Waals surface area contributed by atoms with E-state index in [0.29, 0.717) is 12.2 Å². The number of halogens is 2. The van der Waals surface area contributed by atoms with Crippen molar-refractivity contribution in [2.45, 2.75) is 25.3 Å². The zero-order valence-electron chi connectivity index (χ0n) is 10.1. The molecule has 1 aromatic carbocycles. The second kappa shape index (κ2) is 5.02. The maximum Gasteiger partial charge on any atom is 0.319 e. The summed E-state index contributed by atoms with van der Waals surface area (Å²) >= 11 is 0. The molecule has 98 valence electrons. The molecule has 18 heavy (non-hydrogen) atoms. The van der Waals surface area contributed by atoms with Gasteiger partial charge in [-0.3, -0.25) is 10.1 Å². The molecule has 0 radical (unpaired) electrons. The first kappa shape index (κ1) is 13.0. The van der Waals surface area contributed by atoms with Crippen LogP contribution in [-0.2, 0) is 15.1 Å². The van der Waals surface area contributed by atoms with Crippen LogP contribution < -0.4 is 5.32 Å². The number of carbonyl (C=O) groups excluding carboxylic acids is 1. The van der Waals surface area contributed by atoms with Crippen molar-refractivity contribution >= 4 is 5.97 Å². The Kier molecular flexibility index (Phi) is 3.61. The van der Waals surface area contributed by atoms with Crippen molar-refractivity contribution in [1.29, 1.82) is 0 Å². The van der Waals surface area contributed by atoms with Gasteiger partial charge in [0.25, 0.3) is 0 Å². The van der Waals surface area contributed by atoms with E-state index in [1.807, 2.05) is 0 Å². The van der Waals surface area contributed by atoms with E-state index in [9.17, 15) is 13.6 Å². The summed E-state index contributed by atoms with van der Waals surface area (Å²) < 4.78 is 31.3. The van der Waals surface area contributed by atoms with Crippen LogP contribution in [0.4, 0.5) is 8.78 Å². The number of hydrogen-bond acceptors (Lipinski definition) is 3. The molecule has 0 atom stereocenters. The minimum atomic E-state index is -0.600. The third kappa shape index (κ3) is 2.67. The Morgan fingerprint density at radius 2 is 2.17 bits per heavy atom. The van der Waals surface area contributed by atoms with E-state index in [1.54, 1.807) is 6.92 Å². The molecule has 1 N–H and O–H groups in total. The lowest BCUT2D eigenvalue weighted by Gasteiger charge is -2.18. The average Bonchev–Trinajstić information content (AvgIpc) is 3.08. The predicted octanol–water partition coefficient (Wildman–Crippen LogP) is 2.11. The summed E-state index contributed by atoms with van der Waals surface area (Å²) in [7, 11) is 0. The molecule has 3 nitrogen and oxygen atoms in total. The smallest absolute Gasteiger partial charge is 0.319 e. The van der Waals surface area contributed by atoms with Crippen LogP contribution in [0.25, 0.3) is 0 Å². The van der Waals surface area contributed by atoms with Crippen molar-refractivity contribution < 1.29 is 18.3 Å². The maximum absolute atomic E-state index is 13.7. The van der Waals surface area contributed by atoms with Gasteiger partial charge in [0.2, 0.25) is 0 Å². The van der Waals surface area contributed by atoms with Crippen molar-refractivity contribution in [3.63, 3.8) is 0 Å². The van der Waals surface area contributed by atoms with Crippen LogP contribution in [0.2, 0.25) is 0 Å². The highest BCUT2D eigenvalue weighted by Crippen LogP contribution is 2.46. The molecule has 0 amide bonds. The van der Waals surface area contributed by atoms with Gasteiger partial charge in [0.15, 0.2) is 0 Å². The Balaban J connectivity index is 2.05. The molecule has 0 saturated heterocycles. The number of ether oxygens (including phenoxy) is 1. The standard InChI is InChI=1S/C13H15F2NO2/c1-2-18-12(17)8-16-13(5-6-13)10-4-3-9(14)7-11(10)15/h3-4,7,16H,2,5-6,8H2,1H3. The Morgan fingerprint density at radius 3 is 2.72 bits per heavy atom. The molecule has 1 aliphatic carbocycles. The van der Waals surface area contributed by atoms with Crippen LogP contribution in [0, 0.1) is 11.6 Å². The van der Waals surface area contributed by atoms with Gasteiger partial charge in [0.1, 0.15) is 11.6 Å². The molecular weight excluding hydrogens is 240 g/mol. The second-order valence-electron chi connectivity index (χ2n) is 4.36. The highest BCUT2D eigenvalue weighted by molar-refractivity contribution is 5.71. The molecular formula is C13H15F2NO2. The largest absolute Gasteiger partial charge is 0.465 e. The molecule has 0 bridgehead atoms. The fourth-order valence-electron chi connectivity index (χ4n) is 2.00. The molecule has 5 heteroatoms. The normalized spacial score (nSPS) is 16.4. The lowest BCUT2D eigenvalue weighted by molar-refractivity contribution is -0.142. The molecule has 1 aromatic rings. The maximum atomic E-state index is 13.7. The predicted molar refractivity (Wildman–Crippen MR) is 61.9 cm³/mol. The molecule has 1 fully saturated rings. The first-order chi connectivity index (χ1) is 8.57. The quantitative estimate of drug-likeness (QED) is 0.819. The molecule has 2 rings (SSSR count). The second-order valence-corrected chi connectivity index (χ2v) is 4.36. The molecule has 0 aliphatic heterocycles. The fraction of sp³-hybridized carbons (Fsp3) is 0.462. The monoisotopic (exact) mass is 255 g/mol. The summed E-state index contributed by atoms with van der Waals surface area (Å²) in [5.74, 6) is -1.55. The summed E-state index contributed by atoms with van der Waals surface area (Å²) in [5, 5.41) is 2.99. The summed E-state index contributed by atoms with van der Waals surface area (Å²) in [6, 6.07) is 3.52. The Morgan fingerprint density at radius 1 is 1.44 bits per heavy atom. The third-order valence-corrected chi connectivity index (χ3v) is 3.07. The van der Waals surface area contributed by atoms with Gasteiger partial charge in [0, 0.05) is 17.2 Å². The minimum Gasteiger partial charge on any atom is -0.465 e. The number of carbonyl (C=O) groups is 1. The highest BCUT2D eigenvalue weighted by atomic mass is 19.1. The van der Waals surface area contributed by atoms with Crippen molar-refractivity contribution in [3.05, 3.63) is 35.4 Å². The van der Waals surface area contributed by atoms with Crippen molar-refractivity contribution in [1.82, 2.24) is 5.32 Å². The Hall–Kier alpha value is -1.49. The van der Waals surface area contributed by atoms with Crippen LogP contribution in [0.5, 0.6) is 0 Å². The molecule has 0 spiro atoms. The average molecular weight is 255 g/mol. The number of esters is 1.